The van der Waals surface area contributed by atoms with Crippen molar-refractivity contribution in [1.29, 1.82) is 0 Å². The number of hydrogen-bond donors (Lipinski definition) is 0. The van der Waals surface area contributed by atoms with Gasteiger partial charge in [-0.05, 0) is 41.1 Å². The van der Waals surface area contributed by atoms with Crippen LogP contribution in [0, 0.1) is 3.57 Å². The van der Waals surface area contributed by atoms with E-state index in [4.69, 9.17) is 0 Å². The summed E-state index contributed by atoms with van der Waals surface area (Å²) < 4.78 is 25.0. The highest BCUT2D eigenvalue weighted by atomic mass is 127. The van der Waals surface area contributed by atoms with Gasteiger partial charge in [0.15, 0.2) is 15.0 Å². The molecule has 0 N–H and O–H groups in total. The standard InChI is InChI=1S/C15H17IN2O3S2/c1-2-5-14(19)17-15-18(11-7-4-3-6-10(11)16)12-8-23(20,21)9-13(12)22-15/h3-4,6-7,12-13H,2,5,8-9H2,1H3/t12-,13-/m0/s1. The first kappa shape index (κ1) is 17.2. The van der Waals surface area contributed by atoms with Crippen molar-refractivity contribution in [2.24, 2.45) is 4.99 Å². The Hall–Kier alpha value is -0.610. The number of anilines is 1. The van der Waals surface area contributed by atoms with Crippen LogP contribution in [0.25, 0.3) is 0 Å². The predicted octanol–water partition coefficient (Wildman–Crippen LogP) is 2.69. The van der Waals surface area contributed by atoms with E-state index in [9.17, 15) is 13.2 Å². The zero-order valence-corrected chi connectivity index (χ0v) is 16.4. The van der Waals surface area contributed by atoms with Crippen molar-refractivity contribution in [2.75, 3.05) is 16.4 Å². The molecule has 8 heteroatoms. The molecular formula is C15H17IN2O3S2. The van der Waals surface area contributed by atoms with Gasteiger partial charge in [0.25, 0.3) is 0 Å². The SMILES string of the molecule is CCCC(=O)N=C1S[C@H]2CS(=O)(=O)C[C@@H]2N1c1ccccc1I. The number of amidine groups is 1. The van der Waals surface area contributed by atoms with Crippen molar-refractivity contribution in [3.05, 3.63) is 27.8 Å². The first-order valence-electron chi connectivity index (χ1n) is 7.43. The first-order chi connectivity index (χ1) is 10.9. The average molecular weight is 464 g/mol. The number of aliphatic imine (C=N–C) groups is 1. The molecule has 2 atom stereocenters. The number of hydrogen-bond acceptors (Lipinski definition) is 4. The number of nitrogens with zero attached hydrogens (tertiary/aromatic N) is 2. The molecule has 2 heterocycles. The van der Waals surface area contributed by atoms with Gasteiger partial charge in [-0.25, -0.2) is 8.42 Å². The summed E-state index contributed by atoms with van der Waals surface area (Å²) in [7, 11) is -3.03. The first-order valence-corrected chi connectivity index (χ1v) is 11.2. The minimum absolute atomic E-state index is 0.0517. The zero-order chi connectivity index (χ0) is 16.6. The van der Waals surface area contributed by atoms with Gasteiger partial charge in [0.1, 0.15) is 0 Å². The smallest absolute Gasteiger partial charge is 0.248 e. The van der Waals surface area contributed by atoms with Gasteiger partial charge >= 0.3 is 0 Å². The van der Waals surface area contributed by atoms with E-state index in [0.717, 1.165) is 15.7 Å². The summed E-state index contributed by atoms with van der Waals surface area (Å²) in [6.07, 6.45) is 1.17. The fourth-order valence-corrected chi connectivity index (χ4v) is 7.44. The summed E-state index contributed by atoms with van der Waals surface area (Å²) in [5, 5.41) is 0.585. The van der Waals surface area contributed by atoms with Crippen molar-refractivity contribution in [3.8, 4) is 0 Å². The second kappa shape index (κ2) is 6.72. The number of carbonyl (C=O) groups is 1. The molecule has 0 spiro atoms. The van der Waals surface area contributed by atoms with Gasteiger partial charge in [0.05, 0.1) is 23.2 Å². The maximum atomic E-state index is 12.0. The molecule has 1 amide bonds. The highest BCUT2D eigenvalue weighted by Gasteiger charge is 2.49. The van der Waals surface area contributed by atoms with Gasteiger partial charge < -0.3 is 4.90 Å². The molecule has 2 aliphatic rings. The molecule has 0 aliphatic carbocycles. The van der Waals surface area contributed by atoms with Crippen LogP contribution in [0.4, 0.5) is 5.69 Å². The quantitative estimate of drug-likeness (QED) is 0.644. The average Bonchev–Trinajstić information content (AvgIpc) is 2.91. The summed E-state index contributed by atoms with van der Waals surface area (Å²) in [5.74, 6) is 0.133. The van der Waals surface area contributed by atoms with Crippen molar-refractivity contribution in [2.45, 2.75) is 31.1 Å². The Morgan fingerprint density at radius 3 is 2.83 bits per heavy atom. The Morgan fingerprint density at radius 2 is 2.13 bits per heavy atom. The van der Waals surface area contributed by atoms with Crippen LogP contribution in [0.3, 0.4) is 0 Å². The van der Waals surface area contributed by atoms with E-state index in [-0.39, 0.29) is 28.7 Å². The van der Waals surface area contributed by atoms with Crippen LogP contribution in [-0.4, -0.2) is 42.3 Å². The number of thioether (sulfide) groups is 1. The molecule has 1 aromatic rings. The topological polar surface area (TPSA) is 66.8 Å². The Morgan fingerprint density at radius 1 is 1.39 bits per heavy atom. The van der Waals surface area contributed by atoms with E-state index in [1.807, 2.05) is 36.1 Å². The van der Waals surface area contributed by atoms with Gasteiger partial charge in [0, 0.05) is 15.2 Å². The number of rotatable bonds is 3. The van der Waals surface area contributed by atoms with Crippen LogP contribution in [0.1, 0.15) is 19.8 Å². The van der Waals surface area contributed by atoms with Crippen LogP contribution < -0.4 is 4.90 Å². The molecule has 1 aromatic carbocycles. The van der Waals surface area contributed by atoms with E-state index in [2.05, 4.69) is 27.6 Å². The van der Waals surface area contributed by atoms with Gasteiger partial charge in [-0.1, -0.05) is 30.8 Å². The van der Waals surface area contributed by atoms with Gasteiger partial charge in [-0.3, -0.25) is 4.79 Å². The summed E-state index contributed by atoms with van der Waals surface area (Å²) in [4.78, 5) is 18.2. The van der Waals surface area contributed by atoms with Crippen molar-refractivity contribution in [3.63, 3.8) is 0 Å². The fraction of sp³-hybridized carbons (Fsp3) is 0.467. The molecule has 124 valence electrons. The number of fused-ring (bicyclic) bond motifs is 1. The third-order valence-corrected chi connectivity index (χ3v) is 7.98. The summed E-state index contributed by atoms with van der Waals surface area (Å²) in [5.41, 5.74) is 0.924. The third-order valence-electron chi connectivity index (χ3n) is 3.86. The number of para-hydroxylation sites is 1. The molecule has 5 nitrogen and oxygen atoms in total. The number of carbonyl (C=O) groups excluding carboxylic acids is 1. The van der Waals surface area contributed by atoms with E-state index in [1.54, 1.807) is 0 Å². The van der Waals surface area contributed by atoms with Crippen molar-refractivity contribution >= 4 is 61.0 Å². The zero-order valence-electron chi connectivity index (χ0n) is 12.6. The molecular weight excluding hydrogens is 447 g/mol. The molecule has 23 heavy (non-hydrogen) atoms. The predicted molar refractivity (Wildman–Crippen MR) is 103 cm³/mol. The van der Waals surface area contributed by atoms with Crippen LogP contribution in [-0.2, 0) is 14.6 Å². The maximum absolute atomic E-state index is 12.0. The molecule has 2 aliphatic heterocycles. The van der Waals surface area contributed by atoms with Gasteiger partial charge in [0.2, 0.25) is 5.91 Å². The Kier molecular flexibility index (Phi) is 5.03. The lowest BCUT2D eigenvalue weighted by molar-refractivity contribution is -0.117. The van der Waals surface area contributed by atoms with E-state index in [1.165, 1.54) is 11.8 Å². The number of benzene rings is 1. The fourth-order valence-electron chi connectivity index (χ4n) is 2.87. The largest absolute Gasteiger partial charge is 0.315 e. The van der Waals surface area contributed by atoms with Crippen LogP contribution >= 0.6 is 34.4 Å². The lowest BCUT2D eigenvalue weighted by Crippen LogP contribution is -2.38. The molecule has 0 bridgehead atoms. The summed E-state index contributed by atoms with van der Waals surface area (Å²) in [6, 6.07) is 7.65. The minimum Gasteiger partial charge on any atom is -0.315 e. The molecule has 3 rings (SSSR count). The lowest BCUT2D eigenvalue weighted by Gasteiger charge is -2.25. The number of halogens is 1. The van der Waals surface area contributed by atoms with Crippen LogP contribution in [0.15, 0.2) is 29.3 Å². The lowest BCUT2D eigenvalue weighted by atomic mass is 10.2. The summed E-state index contributed by atoms with van der Waals surface area (Å²) >= 11 is 3.65. The third kappa shape index (κ3) is 3.58. The molecule has 0 unspecified atom stereocenters. The van der Waals surface area contributed by atoms with Crippen LogP contribution in [0.5, 0.6) is 0 Å². The second-order valence-electron chi connectivity index (χ2n) is 5.66. The number of sulfone groups is 1. The molecule has 0 saturated carbocycles. The molecule has 0 radical (unpaired) electrons. The van der Waals surface area contributed by atoms with Crippen LogP contribution in [0.2, 0.25) is 0 Å². The van der Waals surface area contributed by atoms with Gasteiger partial charge in [-0.2, -0.15) is 4.99 Å². The second-order valence-corrected chi connectivity index (χ2v) is 10.2. The Bertz CT molecular complexity index is 764. The van der Waals surface area contributed by atoms with Crippen molar-refractivity contribution in [1.82, 2.24) is 0 Å². The molecule has 0 aromatic heterocycles. The van der Waals surface area contributed by atoms with E-state index >= 15 is 0 Å². The number of amides is 1. The Balaban J connectivity index is 2.01. The minimum atomic E-state index is -3.03. The maximum Gasteiger partial charge on any atom is 0.248 e. The van der Waals surface area contributed by atoms with E-state index < -0.39 is 9.84 Å². The monoisotopic (exact) mass is 464 g/mol. The normalized spacial score (nSPS) is 27.4. The highest BCUT2D eigenvalue weighted by Crippen LogP contribution is 2.42. The highest BCUT2D eigenvalue weighted by molar-refractivity contribution is 14.1. The van der Waals surface area contributed by atoms with E-state index in [0.29, 0.717) is 11.6 Å². The summed E-state index contributed by atoms with van der Waals surface area (Å²) in [6.45, 7) is 1.94. The van der Waals surface area contributed by atoms with Crippen molar-refractivity contribution < 1.29 is 13.2 Å². The molecule has 2 fully saturated rings. The molecule has 2 saturated heterocycles. The van der Waals surface area contributed by atoms with Gasteiger partial charge in [-0.15, -0.1) is 0 Å². The Labute approximate surface area is 154 Å².